The second-order valence-corrected chi connectivity index (χ2v) is 18.7. The van der Waals surface area contributed by atoms with Crippen LogP contribution in [-0.2, 0) is 0 Å². The lowest BCUT2D eigenvalue weighted by Crippen LogP contribution is -2.00. The van der Waals surface area contributed by atoms with Gasteiger partial charge in [0.05, 0.1) is 16.7 Å². The highest BCUT2D eigenvalue weighted by Crippen LogP contribution is 2.51. The minimum Gasteiger partial charge on any atom is -0.308 e. The molecule has 0 aliphatic carbocycles. The Kier molecular flexibility index (Phi) is 8.13. The van der Waals surface area contributed by atoms with E-state index in [-0.39, 0.29) is 0 Å². The Hall–Kier alpha value is -9.04. The molecule has 0 saturated carbocycles. The van der Waals surface area contributed by atoms with Crippen LogP contribution in [0.5, 0.6) is 0 Å². The van der Waals surface area contributed by atoms with Crippen molar-refractivity contribution in [3.63, 3.8) is 0 Å². The lowest BCUT2D eigenvalue weighted by Gasteiger charge is -2.23. The Balaban J connectivity index is 1.07. The highest BCUT2D eigenvalue weighted by atomic mass is 15.0. The van der Waals surface area contributed by atoms with E-state index in [1.165, 1.54) is 147 Å². The van der Waals surface area contributed by atoms with Gasteiger partial charge < -0.3 is 4.57 Å². The maximum Gasteiger partial charge on any atom is 0.0619 e. The molecule has 318 valence electrons. The van der Waals surface area contributed by atoms with Gasteiger partial charge in [0.25, 0.3) is 0 Å². The summed E-state index contributed by atoms with van der Waals surface area (Å²) in [7, 11) is 0. The second kappa shape index (κ2) is 14.7. The maximum atomic E-state index is 2.57. The summed E-state index contributed by atoms with van der Waals surface area (Å²) in [6.45, 7) is 0. The van der Waals surface area contributed by atoms with Gasteiger partial charge in [0.1, 0.15) is 0 Å². The predicted molar refractivity (Wildman–Crippen MR) is 297 cm³/mol. The van der Waals surface area contributed by atoms with Gasteiger partial charge in [-0.15, -0.1) is 0 Å². The van der Waals surface area contributed by atoms with Crippen LogP contribution < -0.4 is 0 Å². The van der Waals surface area contributed by atoms with E-state index < -0.39 is 0 Å². The van der Waals surface area contributed by atoms with Crippen LogP contribution in [0.15, 0.2) is 249 Å². The summed E-state index contributed by atoms with van der Waals surface area (Å²) in [5, 5.41) is 22.5. The van der Waals surface area contributed by atoms with Crippen molar-refractivity contribution in [3.8, 4) is 39.1 Å². The summed E-state index contributed by atoms with van der Waals surface area (Å²) in [5.74, 6) is 0. The minimum absolute atomic E-state index is 1.20. The van der Waals surface area contributed by atoms with E-state index >= 15 is 0 Å². The van der Waals surface area contributed by atoms with Gasteiger partial charge in [-0.25, -0.2) is 0 Å². The average molecular weight is 872 g/mol. The average Bonchev–Trinajstić information content (AvgIpc) is 3.76. The molecule has 69 heavy (non-hydrogen) atoms. The highest BCUT2D eigenvalue weighted by molar-refractivity contribution is 6.32. The molecule has 15 rings (SSSR count). The number of hydrogen-bond donors (Lipinski definition) is 0. The normalized spacial score (nSPS) is 12.1. The van der Waals surface area contributed by atoms with Crippen molar-refractivity contribution < 1.29 is 0 Å². The van der Waals surface area contributed by atoms with Gasteiger partial charge in [0.2, 0.25) is 0 Å². The van der Waals surface area contributed by atoms with Crippen molar-refractivity contribution in [1.29, 1.82) is 0 Å². The molecule has 1 heteroatoms. The summed E-state index contributed by atoms with van der Waals surface area (Å²) in [5.41, 5.74) is 11.0. The fourth-order valence-corrected chi connectivity index (χ4v) is 12.1. The largest absolute Gasteiger partial charge is 0.308 e. The molecule has 14 aromatic carbocycles. The van der Waals surface area contributed by atoms with Crippen molar-refractivity contribution in [1.82, 2.24) is 4.57 Å². The van der Waals surface area contributed by atoms with E-state index in [4.69, 9.17) is 0 Å². The van der Waals surface area contributed by atoms with Gasteiger partial charge in [-0.2, -0.15) is 0 Å². The van der Waals surface area contributed by atoms with E-state index in [2.05, 4.69) is 253 Å². The van der Waals surface area contributed by atoms with Crippen molar-refractivity contribution in [2.45, 2.75) is 0 Å². The Bertz CT molecular complexity index is 4500. The lowest BCUT2D eigenvalue weighted by atomic mass is 9.82. The molecule has 1 nitrogen and oxygen atoms in total. The van der Waals surface area contributed by atoms with E-state index in [1.54, 1.807) is 0 Å². The molecular formula is C68H41N. The molecule has 0 bridgehead atoms. The molecule has 0 N–H and O–H groups in total. The third kappa shape index (κ3) is 5.59. The standard InChI is InChI=1S/C68H41N/c1-2-18-44(19-3-1)63-53-24-10-11-25-54(53)64(57-35-32-49(41-60(57)63)47-30-31-48-38-45-20-4-5-21-46(45)39-50(48)40-47)65-55-26-12-14-28-58(55)68(59-29-15-13-27-56(59)65)69-61-36-33-42-16-6-8-22-51(42)66(61)67-52-23-9-7-17-43(52)34-37-62(67)69/h1-41H. The molecule has 15 aromatic rings. The second-order valence-electron chi connectivity index (χ2n) is 18.7. The molecule has 0 spiro atoms. The number of fused-ring (bicyclic) bond motifs is 13. The first-order valence-corrected chi connectivity index (χ1v) is 24.0. The molecule has 0 fully saturated rings. The van der Waals surface area contributed by atoms with E-state index in [0.717, 1.165) is 0 Å². The van der Waals surface area contributed by atoms with Crippen LogP contribution in [0.1, 0.15) is 0 Å². The Morgan fingerprint density at radius 3 is 1.17 bits per heavy atom. The molecule has 1 aromatic heterocycles. The third-order valence-electron chi connectivity index (χ3n) is 15.0. The predicted octanol–water partition coefficient (Wildman–Crippen LogP) is 19.0. The van der Waals surface area contributed by atoms with Crippen LogP contribution in [0, 0.1) is 0 Å². The number of benzene rings is 14. The summed E-state index contributed by atoms with van der Waals surface area (Å²) in [6.07, 6.45) is 0. The Morgan fingerprint density at radius 2 is 0.594 bits per heavy atom. The number of aromatic nitrogens is 1. The quantitative estimate of drug-likeness (QED) is 0.155. The van der Waals surface area contributed by atoms with Gasteiger partial charge in [0, 0.05) is 21.5 Å². The van der Waals surface area contributed by atoms with Gasteiger partial charge in [-0.3, -0.25) is 0 Å². The monoisotopic (exact) mass is 871 g/mol. The van der Waals surface area contributed by atoms with Gasteiger partial charge >= 0.3 is 0 Å². The molecule has 1 heterocycles. The van der Waals surface area contributed by atoms with Crippen LogP contribution in [0.4, 0.5) is 0 Å². The zero-order valence-corrected chi connectivity index (χ0v) is 37.6. The summed E-state index contributed by atoms with van der Waals surface area (Å²) < 4.78 is 2.57. The topological polar surface area (TPSA) is 4.93 Å². The van der Waals surface area contributed by atoms with E-state index in [0.29, 0.717) is 0 Å². The first kappa shape index (κ1) is 38.1. The van der Waals surface area contributed by atoms with Gasteiger partial charge in [-0.05, 0) is 145 Å². The van der Waals surface area contributed by atoms with Crippen LogP contribution in [-0.4, -0.2) is 4.57 Å². The molecule has 0 saturated heterocycles. The lowest BCUT2D eigenvalue weighted by molar-refractivity contribution is 1.22. The molecule has 0 amide bonds. The van der Waals surface area contributed by atoms with Crippen molar-refractivity contribution in [3.05, 3.63) is 249 Å². The minimum atomic E-state index is 1.20. The van der Waals surface area contributed by atoms with Crippen LogP contribution in [0.2, 0.25) is 0 Å². The maximum absolute atomic E-state index is 2.57. The first-order chi connectivity index (χ1) is 34.2. The smallest absolute Gasteiger partial charge is 0.0619 e. The van der Waals surface area contributed by atoms with Gasteiger partial charge in [0.15, 0.2) is 0 Å². The fraction of sp³-hybridized carbons (Fsp3) is 0. The molecule has 0 radical (unpaired) electrons. The SMILES string of the molecule is c1ccc(-c2c3ccccc3c(-c3c4ccccc4c(-n4c5ccc6ccccc6c5c5c6ccccc6ccc54)c4ccccc34)c3ccc(-c4ccc5cc6ccccc6cc5c4)cc23)cc1. The molecule has 0 aliphatic rings. The molecule has 0 unspecified atom stereocenters. The number of nitrogens with zero attached hydrogens (tertiary/aromatic N) is 1. The zero-order valence-electron chi connectivity index (χ0n) is 37.6. The molecule has 0 aliphatic heterocycles. The molecular weight excluding hydrogens is 831 g/mol. The Morgan fingerprint density at radius 1 is 0.203 bits per heavy atom. The summed E-state index contributed by atoms with van der Waals surface area (Å²) >= 11 is 0. The highest BCUT2D eigenvalue weighted by Gasteiger charge is 2.25. The summed E-state index contributed by atoms with van der Waals surface area (Å²) in [4.78, 5) is 0. The van der Waals surface area contributed by atoms with Crippen LogP contribution >= 0.6 is 0 Å². The van der Waals surface area contributed by atoms with Crippen LogP contribution in [0.25, 0.3) is 147 Å². The third-order valence-corrected chi connectivity index (χ3v) is 15.0. The molecule has 0 atom stereocenters. The number of hydrogen-bond acceptors (Lipinski definition) is 0. The summed E-state index contributed by atoms with van der Waals surface area (Å²) in [6, 6.07) is 92.9. The first-order valence-electron chi connectivity index (χ1n) is 24.0. The van der Waals surface area contributed by atoms with Gasteiger partial charge in [-0.1, -0.05) is 212 Å². The fourth-order valence-electron chi connectivity index (χ4n) is 12.1. The van der Waals surface area contributed by atoms with Crippen molar-refractivity contribution >= 4 is 108 Å². The van der Waals surface area contributed by atoms with E-state index in [9.17, 15) is 0 Å². The zero-order chi connectivity index (χ0) is 45.2. The number of rotatable bonds is 4. The van der Waals surface area contributed by atoms with Crippen LogP contribution in [0.3, 0.4) is 0 Å². The van der Waals surface area contributed by atoms with E-state index in [1.807, 2.05) is 0 Å². The van der Waals surface area contributed by atoms with Crippen molar-refractivity contribution in [2.75, 3.05) is 0 Å². The Labute approximate surface area is 398 Å². The van der Waals surface area contributed by atoms with Crippen molar-refractivity contribution in [2.24, 2.45) is 0 Å².